The van der Waals surface area contributed by atoms with Crippen LogP contribution in [0.1, 0.15) is 12.5 Å². The molecule has 0 spiro atoms. The Morgan fingerprint density at radius 3 is 2.72 bits per heavy atom. The van der Waals surface area contributed by atoms with Gasteiger partial charge in [0.15, 0.2) is 5.65 Å². The second kappa shape index (κ2) is 7.16. The van der Waals surface area contributed by atoms with Gasteiger partial charge in [0.25, 0.3) is 0 Å². The normalized spacial score (nSPS) is 10.8. The van der Waals surface area contributed by atoms with Crippen molar-refractivity contribution in [3.05, 3.63) is 42.4 Å². The number of methoxy groups -OCH3 is 1. The molecule has 0 bridgehead atoms. The largest absolute Gasteiger partial charge is 0.508 e. The van der Waals surface area contributed by atoms with Crippen molar-refractivity contribution < 1.29 is 14.6 Å². The Kier molecular flexibility index (Phi) is 4.78. The second-order valence-electron chi connectivity index (χ2n) is 5.49. The third kappa shape index (κ3) is 3.52. The summed E-state index contributed by atoms with van der Waals surface area (Å²) in [6, 6.07) is 7.06. The van der Waals surface area contributed by atoms with Gasteiger partial charge in [-0.1, -0.05) is 12.1 Å². The molecule has 0 saturated carbocycles. The van der Waals surface area contributed by atoms with Crippen LogP contribution < -0.4 is 4.90 Å². The van der Waals surface area contributed by atoms with Gasteiger partial charge in [-0.3, -0.25) is 4.79 Å². The van der Waals surface area contributed by atoms with Gasteiger partial charge in [0.05, 0.1) is 18.7 Å². The van der Waals surface area contributed by atoms with Crippen molar-refractivity contribution in [1.82, 2.24) is 19.7 Å². The monoisotopic (exact) mass is 341 g/mol. The van der Waals surface area contributed by atoms with Crippen LogP contribution >= 0.6 is 0 Å². The summed E-state index contributed by atoms with van der Waals surface area (Å²) in [6.45, 7) is 3.40. The van der Waals surface area contributed by atoms with Crippen molar-refractivity contribution >= 4 is 22.8 Å². The molecular formula is C17H19N5O3. The SMILES string of the molecule is CCN(Cc1ccc(O)cc1)c1ncnc2c1cnn2CC(=O)OC. The highest BCUT2D eigenvalue weighted by Gasteiger charge is 2.16. The lowest BCUT2D eigenvalue weighted by Gasteiger charge is -2.22. The van der Waals surface area contributed by atoms with Crippen LogP contribution in [0.25, 0.3) is 11.0 Å². The fraction of sp³-hybridized carbons (Fsp3) is 0.294. The third-order valence-corrected chi connectivity index (χ3v) is 3.91. The Bertz CT molecular complexity index is 876. The van der Waals surface area contributed by atoms with Crippen molar-refractivity contribution in [2.45, 2.75) is 20.0 Å². The molecule has 130 valence electrons. The molecule has 1 aromatic carbocycles. The number of aromatic nitrogens is 4. The number of hydrogen-bond acceptors (Lipinski definition) is 7. The lowest BCUT2D eigenvalue weighted by atomic mass is 10.2. The number of rotatable bonds is 6. The van der Waals surface area contributed by atoms with Crippen molar-refractivity contribution in [2.24, 2.45) is 0 Å². The van der Waals surface area contributed by atoms with E-state index in [-0.39, 0.29) is 18.3 Å². The van der Waals surface area contributed by atoms with Crippen molar-refractivity contribution in [1.29, 1.82) is 0 Å². The number of carbonyl (C=O) groups excluding carboxylic acids is 1. The van der Waals surface area contributed by atoms with E-state index in [9.17, 15) is 9.90 Å². The highest BCUT2D eigenvalue weighted by molar-refractivity contribution is 5.87. The van der Waals surface area contributed by atoms with Gasteiger partial charge in [0.1, 0.15) is 24.4 Å². The minimum Gasteiger partial charge on any atom is -0.508 e. The molecule has 0 aliphatic carbocycles. The standard InChI is InChI=1S/C17H19N5O3/c1-3-21(9-12-4-6-13(23)7-5-12)16-14-8-20-22(10-15(24)25-2)17(14)19-11-18-16/h4-8,11,23H,3,9-10H2,1-2H3. The predicted octanol–water partition coefficient (Wildman–Crippen LogP) is 1.73. The van der Waals surface area contributed by atoms with Gasteiger partial charge in [0, 0.05) is 13.1 Å². The predicted molar refractivity (Wildman–Crippen MR) is 92.2 cm³/mol. The molecule has 0 unspecified atom stereocenters. The molecule has 2 aromatic heterocycles. The summed E-state index contributed by atoms with van der Waals surface area (Å²) < 4.78 is 6.19. The van der Waals surface area contributed by atoms with E-state index in [0.717, 1.165) is 23.3 Å². The number of anilines is 1. The lowest BCUT2D eigenvalue weighted by Crippen LogP contribution is -2.23. The molecule has 2 heterocycles. The average Bonchev–Trinajstić information content (AvgIpc) is 3.04. The number of phenols is 1. The number of carbonyl (C=O) groups is 1. The smallest absolute Gasteiger partial charge is 0.327 e. The van der Waals surface area contributed by atoms with E-state index in [1.54, 1.807) is 18.3 Å². The molecule has 0 saturated heterocycles. The molecule has 0 radical (unpaired) electrons. The van der Waals surface area contributed by atoms with E-state index >= 15 is 0 Å². The molecule has 8 nitrogen and oxygen atoms in total. The zero-order chi connectivity index (χ0) is 17.8. The summed E-state index contributed by atoms with van der Waals surface area (Å²) in [6.07, 6.45) is 3.12. The number of esters is 1. The summed E-state index contributed by atoms with van der Waals surface area (Å²) >= 11 is 0. The summed E-state index contributed by atoms with van der Waals surface area (Å²) in [7, 11) is 1.34. The zero-order valence-corrected chi connectivity index (χ0v) is 14.1. The first-order chi connectivity index (χ1) is 12.1. The number of ether oxygens (including phenoxy) is 1. The molecule has 0 aliphatic rings. The van der Waals surface area contributed by atoms with E-state index in [2.05, 4.69) is 24.7 Å². The van der Waals surface area contributed by atoms with E-state index < -0.39 is 0 Å². The quantitative estimate of drug-likeness (QED) is 0.682. The summed E-state index contributed by atoms with van der Waals surface area (Å²) in [5.41, 5.74) is 1.63. The van der Waals surface area contributed by atoms with Crippen LogP contribution in [0.15, 0.2) is 36.8 Å². The second-order valence-corrected chi connectivity index (χ2v) is 5.49. The first kappa shape index (κ1) is 16.7. The zero-order valence-electron chi connectivity index (χ0n) is 14.1. The summed E-state index contributed by atoms with van der Waals surface area (Å²) in [5, 5.41) is 14.4. The minimum absolute atomic E-state index is 0.000536. The van der Waals surface area contributed by atoms with Gasteiger partial charge in [-0.25, -0.2) is 14.6 Å². The molecule has 0 aliphatic heterocycles. The van der Waals surface area contributed by atoms with E-state index in [1.165, 1.54) is 18.1 Å². The Hall–Kier alpha value is -3.16. The third-order valence-electron chi connectivity index (χ3n) is 3.91. The van der Waals surface area contributed by atoms with Crippen LogP contribution in [0.2, 0.25) is 0 Å². The van der Waals surface area contributed by atoms with Crippen LogP contribution in [0.4, 0.5) is 5.82 Å². The number of phenolic OH excluding ortho intramolecular Hbond substituents is 1. The van der Waals surface area contributed by atoms with Gasteiger partial charge < -0.3 is 14.7 Å². The van der Waals surface area contributed by atoms with Crippen LogP contribution in [0, 0.1) is 0 Å². The Morgan fingerprint density at radius 2 is 2.04 bits per heavy atom. The van der Waals surface area contributed by atoms with Crippen LogP contribution in [0.3, 0.4) is 0 Å². The van der Waals surface area contributed by atoms with Gasteiger partial charge in [-0.05, 0) is 24.6 Å². The summed E-state index contributed by atoms with van der Waals surface area (Å²) in [4.78, 5) is 22.2. The molecular weight excluding hydrogens is 322 g/mol. The number of nitrogens with zero attached hydrogens (tertiary/aromatic N) is 5. The topological polar surface area (TPSA) is 93.4 Å². The van der Waals surface area contributed by atoms with Crippen LogP contribution in [-0.2, 0) is 22.6 Å². The number of aromatic hydroxyl groups is 1. The van der Waals surface area contributed by atoms with Gasteiger partial charge in [-0.2, -0.15) is 5.10 Å². The Morgan fingerprint density at radius 1 is 1.28 bits per heavy atom. The van der Waals surface area contributed by atoms with Crippen LogP contribution in [0.5, 0.6) is 5.75 Å². The number of benzene rings is 1. The maximum absolute atomic E-state index is 11.5. The molecule has 3 rings (SSSR count). The van der Waals surface area contributed by atoms with Gasteiger partial charge in [0.2, 0.25) is 0 Å². The average molecular weight is 341 g/mol. The first-order valence-corrected chi connectivity index (χ1v) is 7.88. The van der Waals surface area contributed by atoms with E-state index in [4.69, 9.17) is 0 Å². The van der Waals surface area contributed by atoms with E-state index in [1.807, 2.05) is 19.1 Å². The summed E-state index contributed by atoms with van der Waals surface area (Å²) in [5.74, 6) is 0.596. The van der Waals surface area contributed by atoms with E-state index in [0.29, 0.717) is 12.2 Å². The van der Waals surface area contributed by atoms with Gasteiger partial charge >= 0.3 is 5.97 Å². The maximum atomic E-state index is 11.5. The Balaban J connectivity index is 1.93. The van der Waals surface area contributed by atoms with Gasteiger partial charge in [-0.15, -0.1) is 0 Å². The molecule has 0 amide bonds. The first-order valence-electron chi connectivity index (χ1n) is 7.88. The molecule has 3 aromatic rings. The molecule has 1 N–H and O–H groups in total. The Labute approximate surface area is 144 Å². The number of fused-ring (bicyclic) bond motifs is 1. The molecule has 0 atom stereocenters. The molecule has 0 fully saturated rings. The van der Waals surface area contributed by atoms with Crippen LogP contribution in [-0.4, -0.2) is 44.5 Å². The van der Waals surface area contributed by atoms with Crippen molar-refractivity contribution in [3.63, 3.8) is 0 Å². The highest BCUT2D eigenvalue weighted by atomic mass is 16.5. The molecule has 25 heavy (non-hydrogen) atoms. The maximum Gasteiger partial charge on any atom is 0.327 e. The van der Waals surface area contributed by atoms with Crippen molar-refractivity contribution in [2.75, 3.05) is 18.6 Å². The fourth-order valence-electron chi connectivity index (χ4n) is 2.59. The molecule has 8 heteroatoms. The highest BCUT2D eigenvalue weighted by Crippen LogP contribution is 2.24. The lowest BCUT2D eigenvalue weighted by molar-refractivity contribution is -0.141. The minimum atomic E-state index is -0.387. The van der Waals surface area contributed by atoms with Crippen molar-refractivity contribution in [3.8, 4) is 5.75 Å². The number of hydrogen-bond donors (Lipinski definition) is 1. The fourth-order valence-corrected chi connectivity index (χ4v) is 2.59.